The van der Waals surface area contributed by atoms with E-state index in [0.717, 1.165) is 19.6 Å². The van der Waals surface area contributed by atoms with Gasteiger partial charge in [-0.3, -0.25) is 4.99 Å². The van der Waals surface area contributed by atoms with Crippen molar-refractivity contribution < 1.29 is 0 Å². The number of nitrogens with zero attached hydrogens (tertiary/aromatic N) is 2. The largest absolute Gasteiger partial charge is 0.360 e. The van der Waals surface area contributed by atoms with Crippen LogP contribution in [-0.2, 0) is 0 Å². The lowest BCUT2D eigenvalue weighted by Gasteiger charge is -2.18. The minimum Gasteiger partial charge on any atom is -0.360 e. The van der Waals surface area contributed by atoms with E-state index in [-0.39, 0.29) is 0 Å². The quantitative estimate of drug-likeness (QED) is 0.578. The molecule has 2 aliphatic rings. The molecular formula is C8H15N3. The fourth-order valence-corrected chi connectivity index (χ4v) is 1.83. The van der Waals surface area contributed by atoms with Gasteiger partial charge < -0.3 is 10.2 Å². The highest BCUT2D eigenvalue weighted by molar-refractivity contribution is 5.88. The first-order valence-corrected chi connectivity index (χ1v) is 4.37. The second kappa shape index (κ2) is 2.81. The number of hydrogen-bond donors (Lipinski definition) is 1. The molecule has 0 aliphatic carbocycles. The molecule has 2 rings (SSSR count). The molecule has 1 N–H and O–H groups in total. The van der Waals surface area contributed by atoms with Crippen molar-refractivity contribution in [1.82, 2.24) is 10.2 Å². The maximum Gasteiger partial charge on any atom is 0.116 e. The highest BCUT2D eigenvalue weighted by Gasteiger charge is 2.24. The van der Waals surface area contributed by atoms with E-state index in [4.69, 9.17) is 0 Å². The molecule has 0 saturated carbocycles. The van der Waals surface area contributed by atoms with Crippen LogP contribution in [0.2, 0.25) is 0 Å². The predicted molar refractivity (Wildman–Crippen MR) is 46.0 cm³/mol. The molecule has 0 aromatic rings. The molecule has 0 radical (unpaired) electrons. The van der Waals surface area contributed by atoms with Crippen molar-refractivity contribution in [3.63, 3.8) is 0 Å². The van der Waals surface area contributed by atoms with Gasteiger partial charge in [-0.2, -0.15) is 0 Å². The number of rotatable bonds is 1. The molecule has 3 nitrogen and oxygen atoms in total. The third-order valence-electron chi connectivity index (χ3n) is 2.47. The average Bonchev–Trinajstić information content (AvgIpc) is 2.55. The summed E-state index contributed by atoms with van der Waals surface area (Å²) in [6, 6.07) is 0.558. The maximum absolute atomic E-state index is 4.48. The van der Waals surface area contributed by atoms with Gasteiger partial charge in [0, 0.05) is 13.6 Å². The van der Waals surface area contributed by atoms with Gasteiger partial charge in [-0.15, -0.1) is 0 Å². The molecule has 0 amide bonds. The van der Waals surface area contributed by atoms with Gasteiger partial charge in [-0.1, -0.05) is 0 Å². The van der Waals surface area contributed by atoms with Crippen LogP contribution in [0.1, 0.15) is 12.8 Å². The van der Waals surface area contributed by atoms with E-state index in [1.807, 2.05) is 0 Å². The Labute approximate surface area is 67.5 Å². The Hall–Kier alpha value is -0.570. The monoisotopic (exact) mass is 153 g/mol. The van der Waals surface area contributed by atoms with Crippen molar-refractivity contribution in [2.45, 2.75) is 18.9 Å². The van der Waals surface area contributed by atoms with E-state index in [1.165, 1.54) is 18.7 Å². The van der Waals surface area contributed by atoms with Gasteiger partial charge in [-0.25, -0.2) is 0 Å². The summed E-state index contributed by atoms with van der Waals surface area (Å²) >= 11 is 0. The second-order valence-electron chi connectivity index (χ2n) is 3.31. The molecule has 0 aromatic carbocycles. The normalized spacial score (nSPS) is 31.2. The van der Waals surface area contributed by atoms with Gasteiger partial charge in [0.2, 0.25) is 0 Å². The summed E-state index contributed by atoms with van der Waals surface area (Å²) < 4.78 is 0. The molecule has 1 saturated heterocycles. The molecule has 0 bridgehead atoms. The van der Waals surface area contributed by atoms with Gasteiger partial charge in [0.1, 0.15) is 5.84 Å². The molecule has 1 fully saturated rings. The fourth-order valence-electron chi connectivity index (χ4n) is 1.83. The average molecular weight is 153 g/mol. The lowest BCUT2D eigenvalue weighted by atomic mass is 10.2. The zero-order valence-corrected chi connectivity index (χ0v) is 7.01. The molecule has 11 heavy (non-hydrogen) atoms. The molecule has 1 atom stereocenters. The third-order valence-corrected chi connectivity index (χ3v) is 2.47. The van der Waals surface area contributed by atoms with Crippen molar-refractivity contribution in [3.8, 4) is 0 Å². The Bertz CT molecular complexity index is 170. The van der Waals surface area contributed by atoms with E-state index in [9.17, 15) is 0 Å². The zero-order valence-electron chi connectivity index (χ0n) is 7.01. The van der Waals surface area contributed by atoms with Crippen LogP contribution < -0.4 is 5.32 Å². The van der Waals surface area contributed by atoms with Crippen LogP contribution in [0.5, 0.6) is 0 Å². The molecule has 2 aliphatic heterocycles. The molecular weight excluding hydrogens is 138 g/mol. The smallest absolute Gasteiger partial charge is 0.116 e. The first kappa shape index (κ1) is 7.10. The van der Waals surface area contributed by atoms with Gasteiger partial charge in [0.05, 0.1) is 12.6 Å². The van der Waals surface area contributed by atoms with Gasteiger partial charge in [0.15, 0.2) is 0 Å². The van der Waals surface area contributed by atoms with Crippen molar-refractivity contribution in [2.75, 3.05) is 26.7 Å². The Balaban J connectivity index is 2.02. The van der Waals surface area contributed by atoms with Crippen LogP contribution in [0.15, 0.2) is 4.99 Å². The minimum atomic E-state index is 0.558. The number of likely N-dealkylation sites (N-methyl/N-ethyl adjacent to an activating group) is 1. The van der Waals surface area contributed by atoms with Gasteiger partial charge in [0.25, 0.3) is 0 Å². The number of hydrogen-bond acceptors (Lipinski definition) is 3. The van der Waals surface area contributed by atoms with E-state index in [1.54, 1.807) is 0 Å². The minimum absolute atomic E-state index is 0.558. The molecule has 0 spiro atoms. The lowest BCUT2D eigenvalue weighted by molar-refractivity contribution is 0.525. The van der Waals surface area contributed by atoms with Crippen LogP contribution in [0.4, 0.5) is 0 Å². The van der Waals surface area contributed by atoms with E-state index < -0.39 is 0 Å². The van der Waals surface area contributed by atoms with E-state index in [0.29, 0.717) is 6.04 Å². The molecule has 1 unspecified atom stereocenters. The van der Waals surface area contributed by atoms with Gasteiger partial charge in [-0.05, 0) is 19.4 Å². The molecule has 2 heterocycles. The first-order chi connectivity index (χ1) is 5.38. The van der Waals surface area contributed by atoms with E-state index in [2.05, 4.69) is 22.3 Å². The summed E-state index contributed by atoms with van der Waals surface area (Å²) in [4.78, 5) is 6.75. The third kappa shape index (κ3) is 1.25. The second-order valence-corrected chi connectivity index (χ2v) is 3.31. The van der Waals surface area contributed by atoms with Crippen LogP contribution in [0, 0.1) is 0 Å². The molecule has 3 heteroatoms. The fraction of sp³-hybridized carbons (Fsp3) is 0.875. The number of amidine groups is 1. The van der Waals surface area contributed by atoms with Crippen molar-refractivity contribution in [1.29, 1.82) is 0 Å². The summed E-state index contributed by atoms with van der Waals surface area (Å²) in [5.41, 5.74) is 0. The Morgan fingerprint density at radius 1 is 1.64 bits per heavy atom. The lowest BCUT2D eigenvalue weighted by Crippen LogP contribution is -2.39. The molecule has 0 aromatic heterocycles. The topological polar surface area (TPSA) is 27.6 Å². The summed E-state index contributed by atoms with van der Waals surface area (Å²) in [7, 11) is 2.13. The maximum atomic E-state index is 4.48. The Morgan fingerprint density at radius 2 is 2.55 bits per heavy atom. The summed E-state index contributed by atoms with van der Waals surface area (Å²) in [6.07, 6.45) is 2.57. The van der Waals surface area contributed by atoms with Crippen LogP contribution in [-0.4, -0.2) is 43.5 Å². The first-order valence-electron chi connectivity index (χ1n) is 4.37. The van der Waals surface area contributed by atoms with Crippen LogP contribution in [0.25, 0.3) is 0 Å². The van der Waals surface area contributed by atoms with Gasteiger partial charge >= 0.3 is 0 Å². The standard InChI is InChI=1S/C8H15N3/c1-11-6-5-10-8(11)7-3-2-4-9-7/h7,9H,2-6H2,1H3. The summed E-state index contributed by atoms with van der Waals surface area (Å²) in [5, 5.41) is 3.46. The number of nitrogens with one attached hydrogen (secondary N) is 1. The Kier molecular flexibility index (Phi) is 1.82. The zero-order chi connectivity index (χ0) is 7.68. The summed E-state index contributed by atoms with van der Waals surface area (Å²) in [6.45, 7) is 3.26. The summed E-state index contributed by atoms with van der Waals surface area (Å²) in [5.74, 6) is 1.28. The van der Waals surface area contributed by atoms with Crippen LogP contribution in [0.3, 0.4) is 0 Å². The Morgan fingerprint density at radius 3 is 3.09 bits per heavy atom. The highest BCUT2D eigenvalue weighted by atomic mass is 15.2. The van der Waals surface area contributed by atoms with Crippen molar-refractivity contribution >= 4 is 5.84 Å². The van der Waals surface area contributed by atoms with Crippen molar-refractivity contribution in [2.24, 2.45) is 4.99 Å². The van der Waals surface area contributed by atoms with E-state index >= 15 is 0 Å². The SMILES string of the molecule is CN1CCN=C1C1CCCN1. The highest BCUT2D eigenvalue weighted by Crippen LogP contribution is 2.11. The number of aliphatic imine (C=N–C) groups is 1. The van der Waals surface area contributed by atoms with Crippen molar-refractivity contribution in [3.05, 3.63) is 0 Å². The van der Waals surface area contributed by atoms with Crippen LogP contribution >= 0.6 is 0 Å². The predicted octanol–water partition coefficient (Wildman–Crippen LogP) is 0.0823. The molecule has 62 valence electrons.